The number of aromatic nitrogens is 2. The Labute approximate surface area is 180 Å². The van der Waals surface area contributed by atoms with Crippen molar-refractivity contribution in [1.82, 2.24) is 9.97 Å². The minimum atomic E-state index is -5.03. The molecule has 0 amide bonds. The molecule has 174 valence electrons. The molecule has 1 N–H and O–H groups in total. The first-order valence-electron chi connectivity index (χ1n) is 10.0. The molecule has 1 fully saturated rings. The molecule has 1 aliphatic rings. The van der Waals surface area contributed by atoms with Crippen LogP contribution in [0.4, 0.5) is 27.9 Å². The third-order valence-electron chi connectivity index (χ3n) is 5.26. The van der Waals surface area contributed by atoms with Crippen LogP contribution in [0.2, 0.25) is 0 Å². The smallest absolute Gasteiger partial charge is 0.403 e. The summed E-state index contributed by atoms with van der Waals surface area (Å²) < 4.78 is 68.4. The van der Waals surface area contributed by atoms with Crippen LogP contribution < -0.4 is 15.2 Å². The van der Waals surface area contributed by atoms with Crippen LogP contribution in [-0.4, -0.2) is 41.4 Å². The van der Waals surface area contributed by atoms with E-state index in [0.717, 1.165) is 18.2 Å². The largest absolute Gasteiger partial charge is 0.573 e. The van der Waals surface area contributed by atoms with E-state index >= 15 is 0 Å². The van der Waals surface area contributed by atoms with E-state index in [9.17, 15) is 31.5 Å². The number of hydrogen-bond acceptors (Lipinski definition) is 5. The molecule has 2 atom stereocenters. The van der Waals surface area contributed by atoms with Crippen LogP contribution >= 0.6 is 0 Å². The number of nitrogens with one attached hydrogen (secondary N) is 1. The number of Topliss-reactive ketones (excluding diaryl/α,β-unsaturated/α-hetero) is 1. The third-order valence-corrected chi connectivity index (χ3v) is 5.26. The van der Waals surface area contributed by atoms with Gasteiger partial charge in [-0.15, -0.1) is 13.2 Å². The topological polar surface area (TPSA) is 75.3 Å². The number of carbonyl (C=O) groups excluding carboxylic acids is 1. The summed E-state index contributed by atoms with van der Waals surface area (Å²) in [6.07, 6.45) is -5.95. The van der Waals surface area contributed by atoms with E-state index in [1.54, 1.807) is 13.8 Å². The molecule has 1 aromatic heterocycles. The highest BCUT2D eigenvalue weighted by Crippen LogP contribution is 2.33. The molecule has 2 aromatic rings. The molecule has 1 saturated heterocycles. The number of hydrogen-bond donors (Lipinski definition) is 1. The number of carbonyl (C=O) groups is 1. The van der Waals surface area contributed by atoms with Crippen LogP contribution in [0.5, 0.6) is 5.75 Å². The lowest BCUT2D eigenvalue weighted by molar-refractivity contribution is -0.275. The minimum absolute atomic E-state index is 0.0564. The second kappa shape index (κ2) is 9.25. The first-order valence-corrected chi connectivity index (χ1v) is 10.0. The molecule has 0 unspecified atom stereocenters. The quantitative estimate of drug-likeness (QED) is 0.492. The van der Waals surface area contributed by atoms with Gasteiger partial charge in [0.1, 0.15) is 11.9 Å². The van der Waals surface area contributed by atoms with Crippen molar-refractivity contribution >= 4 is 11.7 Å². The minimum Gasteiger partial charge on any atom is -0.403 e. The van der Waals surface area contributed by atoms with Crippen molar-refractivity contribution in [3.8, 4) is 5.75 Å². The van der Waals surface area contributed by atoms with E-state index in [1.807, 2.05) is 0 Å². The summed E-state index contributed by atoms with van der Waals surface area (Å²) in [5.74, 6) is -3.30. The fraction of sp³-hybridized carbons (Fsp3) is 0.476. The molecule has 0 saturated carbocycles. The second-order valence-corrected chi connectivity index (χ2v) is 8.00. The number of benzene rings is 1. The first kappa shape index (κ1) is 23.7. The van der Waals surface area contributed by atoms with E-state index < -0.39 is 41.4 Å². The van der Waals surface area contributed by atoms with Gasteiger partial charge in [-0.25, -0.2) is 13.8 Å². The molecule has 0 radical (unpaired) electrons. The van der Waals surface area contributed by atoms with Gasteiger partial charge in [0.05, 0.1) is 6.54 Å². The monoisotopic (exact) mass is 459 g/mol. The number of alkyl halides is 4. The van der Waals surface area contributed by atoms with E-state index in [-0.39, 0.29) is 36.9 Å². The molecule has 1 aromatic carbocycles. The highest BCUT2D eigenvalue weighted by atomic mass is 19.4. The summed E-state index contributed by atoms with van der Waals surface area (Å²) >= 11 is 0. The predicted octanol–water partition coefficient (Wildman–Crippen LogP) is 4.37. The van der Waals surface area contributed by atoms with Gasteiger partial charge in [0, 0.05) is 19.0 Å². The number of ether oxygens (including phenoxy) is 1. The normalized spacial score (nSPS) is 17.6. The van der Waals surface area contributed by atoms with Crippen molar-refractivity contribution < 1.29 is 31.5 Å². The maximum absolute atomic E-state index is 14.2. The van der Waals surface area contributed by atoms with Crippen molar-refractivity contribution in [3.63, 3.8) is 0 Å². The zero-order chi connectivity index (χ0) is 23.6. The maximum atomic E-state index is 14.2. The molecule has 32 heavy (non-hydrogen) atoms. The summed E-state index contributed by atoms with van der Waals surface area (Å²) in [5, 5.41) is 0. The zero-order valence-electron chi connectivity index (χ0n) is 17.4. The lowest BCUT2D eigenvalue weighted by Gasteiger charge is -2.22. The standard InChI is InChI=1S/C21H22F5N3O3/c1-11(2)14(12-3-4-18(15(23)7-12)32-21(24,25)26)8-17(30)16-9-19(31)28-20(27-16)29-6-5-13(22)10-29/h3-4,7,9,11,13-14H,5-6,8,10H2,1-2H3,(H,27,28,31)/t13-,14-/m1/s1. The van der Waals surface area contributed by atoms with Gasteiger partial charge in [0.2, 0.25) is 5.95 Å². The van der Waals surface area contributed by atoms with Crippen LogP contribution in [0.15, 0.2) is 29.1 Å². The molecular weight excluding hydrogens is 437 g/mol. The molecule has 6 nitrogen and oxygen atoms in total. The SMILES string of the molecule is CC(C)[C@@H](CC(=O)c1cc(=O)[nH]c(N2CC[C@@H](F)C2)n1)c1ccc(OC(F)(F)F)c(F)c1. The van der Waals surface area contributed by atoms with Crippen molar-refractivity contribution in [2.45, 2.75) is 45.1 Å². The van der Waals surface area contributed by atoms with Crippen LogP contribution in [0, 0.1) is 11.7 Å². The third kappa shape index (κ3) is 5.83. The summed E-state index contributed by atoms with van der Waals surface area (Å²) in [5.41, 5.74) is -0.374. The molecule has 11 heteroatoms. The Morgan fingerprint density at radius 2 is 2.03 bits per heavy atom. The van der Waals surface area contributed by atoms with Gasteiger partial charge in [-0.3, -0.25) is 14.6 Å². The molecule has 0 spiro atoms. The Morgan fingerprint density at radius 3 is 2.59 bits per heavy atom. The summed E-state index contributed by atoms with van der Waals surface area (Å²) in [4.78, 5) is 33.1. The van der Waals surface area contributed by atoms with Gasteiger partial charge in [0.25, 0.3) is 5.56 Å². The van der Waals surface area contributed by atoms with Crippen molar-refractivity contribution in [3.05, 3.63) is 51.7 Å². The summed E-state index contributed by atoms with van der Waals surface area (Å²) in [7, 11) is 0. The summed E-state index contributed by atoms with van der Waals surface area (Å²) in [6.45, 7) is 3.96. The zero-order valence-corrected chi connectivity index (χ0v) is 17.4. The lowest BCUT2D eigenvalue weighted by Crippen LogP contribution is -2.27. The first-order chi connectivity index (χ1) is 14.9. The fourth-order valence-electron chi connectivity index (χ4n) is 3.65. The number of ketones is 1. The Bertz CT molecular complexity index is 1040. The number of aromatic amines is 1. The number of nitrogens with zero attached hydrogens (tertiary/aromatic N) is 2. The number of rotatable bonds is 7. The maximum Gasteiger partial charge on any atom is 0.573 e. The fourth-order valence-corrected chi connectivity index (χ4v) is 3.65. The molecule has 1 aliphatic heterocycles. The number of H-pyrrole nitrogens is 1. The van der Waals surface area contributed by atoms with Gasteiger partial charge >= 0.3 is 6.36 Å². The van der Waals surface area contributed by atoms with Gasteiger partial charge in [-0.05, 0) is 36.0 Å². The highest BCUT2D eigenvalue weighted by molar-refractivity contribution is 5.95. The van der Waals surface area contributed by atoms with Gasteiger partial charge < -0.3 is 9.64 Å². The van der Waals surface area contributed by atoms with Crippen LogP contribution in [0.3, 0.4) is 0 Å². The molecule has 2 heterocycles. The Balaban J connectivity index is 1.82. The van der Waals surface area contributed by atoms with Crippen molar-refractivity contribution in [1.29, 1.82) is 0 Å². The molecule has 3 rings (SSSR count). The highest BCUT2D eigenvalue weighted by Gasteiger charge is 2.33. The predicted molar refractivity (Wildman–Crippen MR) is 106 cm³/mol. The Morgan fingerprint density at radius 1 is 1.31 bits per heavy atom. The van der Waals surface area contributed by atoms with Crippen molar-refractivity contribution in [2.24, 2.45) is 5.92 Å². The Hall–Kier alpha value is -2.98. The van der Waals surface area contributed by atoms with Gasteiger partial charge in [0.15, 0.2) is 17.3 Å². The average Bonchev–Trinajstić information content (AvgIpc) is 3.12. The van der Waals surface area contributed by atoms with Gasteiger partial charge in [-0.2, -0.15) is 0 Å². The van der Waals surface area contributed by atoms with E-state index in [2.05, 4.69) is 14.7 Å². The second-order valence-electron chi connectivity index (χ2n) is 8.00. The molecular formula is C21H22F5N3O3. The molecule has 0 aliphatic carbocycles. The van der Waals surface area contributed by atoms with Crippen LogP contribution in [-0.2, 0) is 0 Å². The van der Waals surface area contributed by atoms with Crippen LogP contribution in [0.1, 0.15) is 48.7 Å². The van der Waals surface area contributed by atoms with E-state index in [1.165, 1.54) is 11.0 Å². The average molecular weight is 459 g/mol. The van der Waals surface area contributed by atoms with E-state index in [0.29, 0.717) is 12.1 Å². The van der Waals surface area contributed by atoms with Crippen molar-refractivity contribution in [2.75, 3.05) is 18.0 Å². The van der Waals surface area contributed by atoms with E-state index in [4.69, 9.17) is 0 Å². The number of anilines is 1. The summed E-state index contributed by atoms with van der Waals surface area (Å²) in [6, 6.07) is 4.07. The lowest BCUT2D eigenvalue weighted by atomic mass is 9.84. The van der Waals surface area contributed by atoms with Crippen LogP contribution in [0.25, 0.3) is 0 Å². The Kier molecular flexibility index (Phi) is 6.85. The number of halogens is 5. The van der Waals surface area contributed by atoms with Gasteiger partial charge in [-0.1, -0.05) is 19.9 Å². The molecule has 0 bridgehead atoms.